The van der Waals surface area contributed by atoms with Crippen molar-refractivity contribution >= 4 is 0 Å². The summed E-state index contributed by atoms with van der Waals surface area (Å²) in [4.78, 5) is 7.98. The Morgan fingerprint density at radius 3 is 3.00 bits per heavy atom. The molecule has 0 aliphatic heterocycles. The van der Waals surface area contributed by atoms with Crippen molar-refractivity contribution in [2.45, 2.75) is 38.6 Å². The van der Waals surface area contributed by atoms with Crippen LogP contribution in [0, 0.1) is 0 Å². The minimum atomic E-state index is 0.854. The van der Waals surface area contributed by atoms with E-state index in [1.807, 2.05) is 7.05 Å². The van der Waals surface area contributed by atoms with Crippen LogP contribution in [0.4, 0.5) is 0 Å². The van der Waals surface area contributed by atoms with Gasteiger partial charge < -0.3 is 10.3 Å². The van der Waals surface area contributed by atoms with Crippen LogP contribution in [0.25, 0.3) is 0 Å². The third-order valence-electron chi connectivity index (χ3n) is 2.60. The number of fused-ring (bicyclic) bond motifs is 1. The van der Waals surface area contributed by atoms with Gasteiger partial charge in [-0.3, -0.25) is 0 Å². The lowest BCUT2D eigenvalue weighted by Gasteiger charge is -1.94. The number of aryl methyl sites for hydroxylation is 2. The summed E-state index contributed by atoms with van der Waals surface area (Å²) in [5, 5.41) is 3.12. The van der Waals surface area contributed by atoms with E-state index in [1.54, 1.807) is 0 Å². The molecule has 0 radical (unpaired) electrons. The second kappa shape index (κ2) is 3.92. The summed E-state index contributed by atoms with van der Waals surface area (Å²) in [5.41, 5.74) is 2.69. The van der Waals surface area contributed by atoms with Crippen molar-refractivity contribution in [1.82, 2.24) is 15.3 Å². The summed E-state index contributed by atoms with van der Waals surface area (Å²) in [6, 6.07) is 0. The van der Waals surface area contributed by atoms with Crippen molar-refractivity contribution in [3.8, 4) is 0 Å². The maximum Gasteiger partial charge on any atom is 0.120 e. The predicted octanol–water partition coefficient (Wildman–Crippen LogP) is 1.40. The smallest absolute Gasteiger partial charge is 0.120 e. The van der Waals surface area contributed by atoms with Gasteiger partial charge in [0, 0.05) is 5.69 Å². The normalized spacial score (nSPS) is 16.7. The summed E-state index contributed by atoms with van der Waals surface area (Å²) >= 11 is 0. The van der Waals surface area contributed by atoms with Gasteiger partial charge >= 0.3 is 0 Å². The zero-order valence-electron chi connectivity index (χ0n) is 8.19. The number of rotatable bonds is 2. The van der Waals surface area contributed by atoms with Crippen LogP contribution in [0.3, 0.4) is 0 Å². The number of hydrogen-bond acceptors (Lipinski definition) is 2. The van der Waals surface area contributed by atoms with Crippen molar-refractivity contribution < 1.29 is 0 Å². The molecule has 2 rings (SSSR count). The summed E-state index contributed by atoms with van der Waals surface area (Å²) < 4.78 is 0. The number of imidazole rings is 1. The molecule has 13 heavy (non-hydrogen) atoms. The Morgan fingerprint density at radius 2 is 2.15 bits per heavy atom. The molecule has 72 valence electrons. The number of H-pyrrole nitrogens is 1. The second-order valence-electron chi connectivity index (χ2n) is 3.70. The minimum absolute atomic E-state index is 0.854. The molecule has 1 aliphatic carbocycles. The SMILES string of the molecule is CNCc1nc2c([nH]1)CCCCC2. The highest BCUT2D eigenvalue weighted by Gasteiger charge is 2.12. The first-order chi connectivity index (χ1) is 6.40. The van der Waals surface area contributed by atoms with Gasteiger partial charge in [-0.2, -0.15) is 0 Å². The monoisotopic (exact) mass is 179 g/mol. The zero-order valence-corrected chi connectivity index (χ0v) is 8.19. The molecule has 0 saturated carbocycles. The molecule has 1 heterocycles. The summed E-state index contributed by atoms with van der Waals surface area (Å²) in [6.07, 6.45) is 6.32. The van der Waals surface area contributed by atoms with Gasteiger partial charge in [0.05, 0.1) is 12.2 Å². The number of hydrogen-bond donors (Lipinski definition) is 2. The summed E-state index contributed by atoms with van der Waals surface area (Å²) in [5.74, 6) is 1.09. The molecular weight excluding hydrogens is 162 g/mol. The molecular formula is C10H17N3. The quantitative estimate of drug-likeness (QED) is 0.674. The van der Waals surface area contributed by atoms with E-state index in [0.29, 0.717) is 0 Å². The summed E-state index contributed by atoms with van der Waals surface area (Å²) in [6.45, 7) is 0.854. The molecule has 0 spiro atoms. The molecule has 1 aromatic heterocycles. The number of aromatic amines is 1. The molecule has 0 atom stereocenters. The van der Waals surface area contributed by atoms with Gasteiger partial charge in [0.2, 0.25) is 0 Å². The number of aromatic nitrogens is 2. The highest BCUT2D eigenvalue weighted by Crippen LogP contribution is 2.18. The van der Waals surface area contributed by atoms with Gasteiger partial charge in [-0.05, 0) is 32.7 Å². The van der Waals surface area contributed by atoms with E-state index >= 15 is 0 Å². The van der Waals surface area contributed by atoms with Crippen LogP contribution in [0.5, 0.6) is 0 Å². The first kappa shape index (κ1) is 8.75. The average molecular weight is 179 g/mol. The van der Waals surface area contributed by atoms with E-state index in [1.165, 1.54) is 37.1 Å². The lowest BCUT2D eigenvalue weighted by atomic mass is 10.2. The van der Waals surface area contributed by atoms with Crippen molar-refractivity contribution in [2.24, 2.45) is 0 Å². The second-order valence-corrected chi connectivity index (χ2v) is 3.70. The third-order valence-corrected chi connectivity index (χ3v) is 2.60. The Balaban J connectivity index is 2.17. The molecule has 0 saturated heterocycles. The Kier molecular flexibility index (Phi) is 2.64. The Bertz CT molecular complexity index is 254. The molecule has 0 aromatic carbocycles. The maximum atomic E-state index is 4.58. The molecule has 1 aromatic rings. The van der Waals surface area contributed by atoms with Crippen LogP contribution >= 0.6 is 0 Å². The van der Waals surface area contributed by atoms with Gasteiger partial charge in [-0.1, -0.05) is 6.42 Å². The first-order valence-corrected chi connectivity index (χ1v) is 5.11. The third kappa shape index (κ3) is 1.91. The van der Waals surface area contributed by atoms with E-state index in [4.69, 9.17) is 0 Å². The van der Waals surface area contributed by atoms with E-state index in [9.17, 15) is 0 Å². The highest BCUT2D eigenvalue weighted by atomic mass is 15.0. The largest absolute Gasteiger partial charge is 0.345 e. The first-order valence-electron chi connectivity index (χ1n) is 5.11. The zero-order chi connectivity index (χ0) is 9.10. The Morgan fingerprint density at radius 1 is 1.31 bits per heavy atom. The fourth-order valence-corrected chi connectivity index (χ4v) is 1.94. The van der Waals surface area contributed by atoms with Crippen LogP contribution in [0.2, 0.25) is 0 Å². The number of nitrogens with one attached hydrogen (secondary N) is 2. The minimum Gasteiger partial charge on any atom is -0.345 e. The molecule has 1 aliphatic rings. The van der Waals surface area contributed by atoms with Crippen molar-refractivity contribution in [1.29, 1.82) is 0 Å². The van der Waals surface area contributed by atoms with E-state index in [0.717, 1.165) is 18.8 Å². The van der Waals surface area contributed by atoms with E-state index < -0.39 is 0 Å². The van der Waals surface area contributed by atoms with Crippen LogP contribution in [0.15, 0.2) is 0 Å². The Labute approximate surface area is 79.0 Å². The van der Waals surface area contributed by atoms with E-state index in [2.05, 4.69) is 15.3 Å². The maximum absolute atomic E-state index is 4.58. The van der Waals surface area contributed by atoms with Gasteiger partial charge in [0.1, 0.15) is 5.82 Å². The molecule has 0 bridgehead atoms. The van der Waals surface area contributed by atoms with Gasteiger partial charge in [-0.25, -0.2) is 4.98 Å². The van der Waals surface area contributed by atoms with Gasteiger partial charge in [-0.15, -0.1) is 0 Å². The van der Waals surface area contributed by atoms with Gasteiger partial charge in [0.25, 0.3) is 0 Å². The van der Waals surface area contributed by atoms with E-state index in [-0.39, 0.29) is 0 Å². The fraction of sp³-hybridized carbons (Fsp3) is 0.700. The summed E-state index contributed by atoms with van der Waals surface area (Å²) in [7, 11) is 1.95. The molecule has 0 unspecified atom stereocenters. The Hall–Kier alpha value is -0.830. The van der Waals surface area contributed by atoms with Crippen LogP contribution in [-0.2, 0) is 19.4 Å². The topological polar surface area (TPSA) is 40.7 Å². The molecule has 0 fully saturated rings. The fourth-order valence-electron chi connectivity index (χ4n) is 1.94. The van der Waals surface area contributed by atoms with Crippen molar-refractivity contribution in [2.75, 3.05) is 7.05 Å². The highest BCUT2D eigenvalue weighted by molar-refractivity contribution is 5.16. The molecule has 3 heteroatoms. The molecule has 3 nitrogen and oxygen atoms in total. The lowest BCUT2D eigenvalue weighted by Crippen LogP contribution is -2.06. The van der Waals surface area contributed by atoms with Crippen molar-refractivity contribution in [3.63, 3.8) is 0 Å². The molecule has 2 N–H and O–H groups in total. The van der Waals surface area contributed by atoms with Crippen molar-refractivity contribution in [3.05, 3.63) is 17.2 Å². The molecule has 0 amide bonds. The standard InChI is InChI=1S/C10H17N3/c1-11-7-10-12-8-5-3-2-4-6-9(8)13-10/h11H,2-7H2,1H3,(H,12,13). The van der Waals surface area contributed by atoms with Crippen LogP contribution in [0.1, 0.15) is 36.5 Å². The predicted molar refractivity (Wildman–Crippen MR) is 52.6 cm³/mol. The average Bonchev–Trinajstić information content (AvgIpc) is 2.37. The van der Waals surface area contributed by atoms with Gasteiger partial charge in [0.15, 0.2) is 0 Å². The van der Waals surface area contributed by atoms with Crippen LogP contribution < -0.4 is 5.32 Å². The van der Waals surface area contributed by atoms with Crippen LogP contribution in [-0.4, -0.2) is 17.0 Å². The lowest BCUT2D eigenvalue weighted by molar-refractivity contribution is 0.692. The number of nitrogens with zero attached hydrogens (tertiary/aromatic N) is 1.